The summed E-state index contributed by atoms with van der Waals surface area (Å²) in [5.41, 5.74) is -7.09. The van der Waals surface area contributed by atoms with Crippen LogP contribution in [0.4, 0.5) is 30.7 Å². The molecule has 1 aromatic rings. The number of halogens is 7. The third kappa shape index (κ3) is 1.81. The summed E-state index contributed by atoms with van der Waals surface area (Å²) in [6.45, 7) is 0. The molecule has 16 heavy (non-hydrogen) atoms. The highest BCUT2D eigenvalue weighted by atomic mass is 19.4. The molecule has 1 heterocycles. The van der Waals surface area contributed by atoms with E-state index in [0.717, 1.165) is 0 Å². The van der Waals surface area contributed by atoms with Gasteiger partial charge < -0.3 is 0 Å². The van der Waals surface area contributed by atoms with Crippen molar-refractivity contribution in [3.8, 4) is 0 Å². The largest absolute Gasteiger partial charge is 0.436 e. The second kappa shape index (κ2) is 3.56. The molecule has 9 heteroatoms. The number of nitrogens with zero attached hydrogens (tertiary/aromatic N) is 2. The molecule has 0 aliphatic carbocycles. The van der Waals surface area contributed by atoms with Crippen molar-refractivity contribution in [3.63, 3.8) is 0 Å². The van der Waals surface area contributed by atoms with Gasteiger partial charge in [0.15, 0.2) is 0 Å². The molecule has 0 amide bonds. The minimum atomic E-state index is -6.12. The SMILES string of the molecule is FC(F)(F)C(F)(c1ccnnc1)C(F)(F)F. The van der Waals surface area contributed by atoms with Crippen LogP contribution in [0.3, 0.4) is 0 Å². The second-order valence-electron chi connectivity index (χ2n) is 2.79. The van der Waals surface area contributed by atoms with Gasteiger partial charge in [-0.25, -0.2) is 4.39 Å². The van der Waals surface area contributed by atoms with E-state index in [9.17, 15) is 30.7 Å². The van der Waals surface area contributed by atoms with E-state index in [0.29, 0.717) is 6.20 Å². The Bertz CT molecular complexity index is 341. The fourth-order valence-electron chi connectivity index (χ4n) is 0.983. The molecule has 90 valence electrons. The van der Waals surface area contributed by atoms with Gasteiger partial charge >= 0.3 is 18.0 Å². The van der Waals surface area contributed by atoms with Gasteiger partial charge in [-0.3, -0.25) is 0 Å². The lowest BCUT2D eigenvalue weighted by Gasteiger charge is -2.29. The Balaban J connectivity index is 3.39. The third-order valence-corrected chi connectivity index (χ3v) is 1.76. The molecule has 0 aliphatic heterocycles. The predicted molar refractivity (Wildman–Crippen MR) is 36.9 cm³/mol. The highest BCUT2D eigenvalue weighted by molar-refractivity contribution is 5.21. The Morgan fingerprint density at radius 2 is 1.31 bits per heavy atom. The maximum atomic E-state index is 13.2. The van der Waals surface area contributed by atoms with Crippen LogP contribution in [-0.2, 0) is 5.67 Å². The topological polar surface area (TPSA) is 25.8 Å². The van der Waals surface area contributed by atoms with Gasteiger partial charge in [-0.05, 0) is 6.07 Å². The minimum Gasteiger partial charge on any atom is -0.218 e. The Hall–Kier alpha value is -1.41. The second-order valence-corrected chi connectivity index (χ2v) is 2.79. The van der Waals surface area contributed by atoms with E-state index < -0.39 is 23.6 Å². The van der Waals surface area contributed by atoms with Crippen LogP contribution in [0.5, 0.6) is 0 Å². The summed E-state index contributed by atoms with van der Waals surface area (Å²) in [5.74, 6) is 0. The number of hydrogen-bond donors (Lipinski definition) is 0. The summed E-state index contributed by atoms with van der Waals surface area (Å²) in [7, 11) is 0. The first-order valence-corrected chi connectivity index (χ1v) is 3.70. The zero-order valence-electron chi connectivity index (χ0n) is 7.27. The van der Waals surface area contributed by atoms with Crippen molar-refractivity contribution in [1.82, 2.24) is 10.2 Å². The molecule has 0 radical (unpaired) electrons. The minimum absolute atomic E-state index is 0.0843. The van der Waals surface area contributed by atoms with Crippen LogP contribution in [0.15, 0.2) is 18.5 Å². The Kier molecular flexibility index (Phi) is 2.82. The average Bonchev–Trinajstić information content (AvgIpc) is 2.14. The fraction of sp³-hybridized carbons (Fsp3) is 0.429. The highest BCUT2D eigenvalue weighted by Crippen LogP contribution is 2.52. The van der Waals surface area contributed by atoms with Gasteiger partial charge in [-0.2, -0.15) is 36.5 Å². The van der Waals surface area contributed by atoms with Gasteiger partial charge in [-0.1, -0.05) is 0 Å². The van der Waals surface area contributed by atoms with Crippen molar-refractivity contribution in [2.45, 2.75) is 18.0 Å². The van der Waals surface area contributed by atoms with E-state index in [1.54, 1.807) is 0 Å². The van der Waals surface area contributed by atoms with E-state index in [-0.39, 0.29) is 12.3 Å². The van der Waals surface area contributed by atoms with Gasteiger partial charge in [0.2, 0.25) is 0 Å². The molecule has 0 aromatic carbocycles. The third-order valence-electron chi connectivity index (χ3n) is 1.76. The zero-order chi connectivity index (χ0) is 12.6. The van der Waals surface area contributed by atoms with Crippen LogP contribution in [0.2, 0.25) is 0 Å². The van der Waals surface area contributed by atoms with Crippen molar-refractivity contribution in [2.75, 3.05) is 0 Å². The lowest BCUT2D eigenvalue weighted by atomic mass is 9.96. The molecule has 0 atom stereocenters. The quantitative estimate of drug-likeness (QED) is 0.714. The van der Waals surface area contributed by atoms with Crippen molar-refractivity contribution >= 4 is 0 Å². The molecular weight excluding hydrogens is 245 g/mol. The smallest absolute Gasteiger partial charge is 0.218 e. The lowest BCUT2D eigenvalue weighted by Crippen LogP contribution is -2.50. The van der Waals surface area contributed by atoms with Gasteiger partial charge in [0, 0.05) is 11.8 Å². The van der Waals surface area contributed by atoms with Crippen molar-refractivity contribution in [2.24, 2.45) is 0 Å². The summed E-state index contributed by atoms with van der Waals surface area (Å²) in [6, 6.07) is 0.272. The van der Waals surface area contributed by atoms with Gasteiger partial charge in [-0.15, -0.1) is 0 Å². The van der Waals surface area contributed by atoms with Gasteiger partial charge in [0.25, 0.3) is 0 Å². The van der Waals surface area contributed by atoms with E-state index in [2.05, 4.69) is 10.2 Å². The zero-order valence-corrected chi connectivity index (χ0v) is 7.27. The van der Waals surface area contributed by atoms with Crippen molar-refractivity contribution < 1.29 is 30.7 Å². The Labute approximate surface area is 84.1 Å². The van der Waals surface area contributed by atoms with Crippen LogP contribution in [-0.4, -0.2) is 22.5 Å². The summed E-state index contributed by atoms with van der Waals surface area (Å²) in [6.07, 6.45) is -11.6. The standard InChI is InChI=1S/C7H3F7N2/c8-5(6(9,10)11,7(12,13)14)4-1-2-15-16-3-4/h1-3H. The molecule has 0 aliphatic rings. The monoisotopic (exact) mass is 248 g/mol. The maximum Gasteiger partial charge on any atom is 0.436 e. The fourth-order valence-corrected chi connectivity index (χ4v) is 0.983. The highest BCUT2D eigenvalue weighted by Gasteiger charge is 2.73. The van der Waals surface area contributed by atoms with E-state index in [1.807, 2.05) is 0 Å². The van der Waals surface area contributed by atoms with Gasteiger partial charge in [0.05, 0.1) is 6.20 Å². The maximum absolute atomic E-state index is 13.2. The molecule has 1 rings (SSSR count). The molecule has 0 fully saturated rings. The summed E-state index contributed by atoms with van der Waals surface area (Å²) >= 11 is 0. The first kappa shape index (κ1) is 12.7. The van der Waals surface area contributed by atoms with E-state index >= 15 is 0 Å². The van der Waals surface area contributed by atoms with E-state index in [1.165, 1.54) is 0 Å². The molecule has 2 nitrogen and oxygen atoms in total. The average molecular weight is 248 g/mol. The first-order chi connectivity index (χ1) is 7.11. The molecule has 0 bridgehead atoms. The van der Waals surface area contributed by atoms with E-state index in [4.69, 9.17) is 0 Å². The number of alkyl halides is 7. The molecule has 0 saturated carbocycles. The normalized spacial score (nSPS) is 13.9. The van der Waals surface area contributed by atoms with Crippen LogP contribution >= 0.6 is 0 Å². The van der Waals surface area contributed by atoms with Crippen LogP contribution < -0.4 is 0 Å². The van der Waals surface area contributed by atoms with Crippen LogP contribution in [0.25, 0.3) is 0 Å². The van der Waals surface area contributed by atoms with Gasteiger partial charge in [0.1, 0.15) is 0 Å². The molecule has 0 unspecified atom stereocenters. The van der Waals surface area contributed by atoms with Crippen LogP contribution in [0.1, 0.15) is 5.56 Å². The number of aromatic nitrogens is 2. The Morgan fingerprint density at radius 3 is 1.62 bits per heavy atom. The molecule has 0 saturated heterocycles. The number of rotatable bonds is 1. The summed E-state index contributed by atoms with van der Waals surface area (Å²) in [4.78, 5) is 0. The Morgan fingerprint density at radius 1 is 0.812 bits per heavy atom. The molecular formula is C7H3F7N2. The number of hydrogen-bond acceptors (Lipinski definition) is 2. The predicted octanol–water partition coefficient (Wildman–Crippen LogP) is 2.77. The lowest BCUT2D eigenvalue weighted by molar-refractivity contribution is -0.348. The molecule has 0 spiro atoms. The first-order valence-electron chi connectivity index (χ1n) is 3.70. The summed E-state index contributed by atoms with van der Waals surface area (Å²) < 4.78 is 86.1. The molecule has 0 N–H and O–H groups in total. The van der Waals surface area contributed by atoms with Crippen LogP contribution in [0, 0.1) is 0 Å². The molecule has 1 aromatic heterocycles. The van der Waals surface area contributed by atoms with Crippen molar-refractivity contribution in [3.05, 3.63) is 24.0 Å². The van der Waals surface area contributed by atoms with Crippen molar-refractivity contribution in [1.29, 1.82) is 0 Å². The summed E-state index contributed by atoms with van der Waals surface area (Å²) in [5, 5.41) is 5.76.